The second-order valence-corrected chi connectivity index (χ2v) is 3.36. The third-order valence-corrected chi connectivity index (χ3v) is 2.33. The van der Waals surface area contributed by atoms with Gasteiger partial charge in [0, 0.05) is 6.42 Å². The highest BCUT2D eigenvalue weighted by atomic mass is 16.5. The number of ether oxygens (including phenoxy) is 1. The molecule has 0 heterocycles. The number of nitrogens with zero attached hydrogens (tertiary/aromatic N) is 1. The van der Waals surface area contributed by atoms with Gasteiger partial charge in [0.1, 0.15) is 5.75 Å². The number of methoxy groups -OCH3 is 1. The van der Waals surface area contributed by atoms with Crippen LogP contribution in [0.5, 0.6) is 5.75 Å². The Hall–Kier alpha value is -1.97. The minimum Gasteiger partial charge on any atom is -0.497 e. The van der Waals surface area contributed by atoms with E-state index in [1.165, 1.54) is 0 Å². The Kier molecular flexibility index (Phi) is 4.39. The molecular weight excluding hydrogens is 202 g/mol. The molecule has 0 amide bonds. The van der Waals surface area contributed by atoms with Crippen molar-refractivity contribution in [2.24, 2.45) is 0 Å². The Bertz CT molecular complexity index is 411. The van der Waals surface area contributed by atoms with Crippen LogP contribution < -0.4 is 4.74 Å². The molecule has 0 spiro atoms. The molecule has 0 aliphatic carbocycles. The molecule has 0 aliphatic rings. The van der Waals surface area contributed by atoms with Crippen LogP contribution in [0.3, 0.4) is 0 Å². The van der Waals surface area contributed by atoms with Gasteiger partial charge in [-0.3, -0.25) is 0 Å². The number of terminal acetylenes is 1. The molecule has 1 rings (SSSR count). The van der Waals surface area contributed by atoms with Crippen molar-refractivity contribution in [3.05, 3.63) is 29.8 Å². The molecule has 1 aromatic carbocycles. The first-order valence-electron chi connectivity index (χ1n) is 4.88. The summed E-state index contributed by atoms with van der Waals surface area (Å²) in [7, 11) is 1.57. The van der Waals surface area contributed by atoms with Gasteiger partial charge in [-0.05, 0) is 17.7 Å². The fourth-order valence-electron chi connectivity index (χ4n) is 1.43. The Labute approximate surface area is 95.3 Å². The highest BCUT2D eigenvalue weighted by molar-refractivity contribution is 5.33. The zero-order valence-electron chi connectivity index (χ0n) is 9.05. The van der Waals surface area contributed by atoms with Crippen LogP contribution in [0.4, 0.5) is 0 Å². The first kappa shape index (κ1) is 12.1. The molecule has 3 nitrogen and oxygen atoms in total. The Morgan fingerprint density at radius 3 is 2.50 bits per heavy atom. The maximum Gasteiger partial charge on any atom is 0.118 e. The van der Waals surface area contributed by atoms with Gasteiger partial charge in [-0.2, -0.15) is 5.26 Å². The molecule has 0 saturated heterocycles. The minimum atomic E-state index is -0.830. The van der Waals surface area contributed by atoms with E-state index in [1.807, 2.05) is 0 Å². The first-order valence-corrected chi connectivity index (χ1v) is 4.88. The molecule has 1 aromatic rings. The van der Waals surface area contributed by atoms with E-state index >= 15 is 0 Å². The van der Waals surface area contributed by atoms with E-state index < -0.39 is 12.0 Å². The number of aliphatic hydroxyl groups is 1. The molecule has 0 fully saturated rings. The standard InChI is InChI=1S/C13H13NO2/c1-3-4-13(15)12(9-14)10-5-7-11(16-2)8-6-10/h1,5-8,12-13,15H,4H2,2H3. The van der Waals surface area contributed by atoms with Crippen LogP contribution in [-0.4, -0.2) is 18.3 Å². The summed E-state index contributed by atoms with van der Waals surface area (Å²) in [5.41, 5.74) is 0.742. The summed E-state index contributed by atoms with van der Waals surface area (Å²) in [5.74, 6) is 2.47. The maximum absolute atomic E-state index is 9.69. The zero-order valence-corrected chi connectivity index (χ0v) is 9.05. The van der Waals surface area contributed by atoms with Gasteiger partial charge in [0.05, 0.1) is 25.2 Å². The van der Waals surface area contributed by atoms with Gasteiger partial charge in [-0.1, -0.05) is 12.1 Å². The highest BCUT2D eigenvalue weighted by Gasteiger charge is 2.19. The lowest BCUT2D eigenvalue weighted by Crippen LogP contribution is -2.16. The second-order valence-electron chi connectivity index (χ2n) is 3.36. The van der Waals surface area contributed by atoms with Crippen LogP contribution in [-0.2, 0) is 0 Å². The van der Waals surface area contributed by atoms with E-state index in [-0.39, 0.29) is 6.42 Å². The molecule has 3 heteroatoms. The topological polar surface area (TPSA) is 53.2 Å². The predicted octanol–water partition coefficient (Wildman–Crippen LogP) is 1.69. The maximum atomic E-state index is 9.69. The molecule has 2 unspecified atom stereocenters. The summed E-state index contributed by atoms with van der Waals surface area (Å²) in [6.07, 6.45) is 4.45. The van der Waals surface area contributed by atoms with Crippen LogP contribution in [0.2, 0.25) is 0 Å². The van der Waals surface area contributed by atoms with E-state index in [1.54, 1.807) is 31.4 Å². The summed E-state index contributed by atoms with van der Waals surface area (Å²) >= 11 is 0. The Morgan fingerprint density at radius 1 is 1.44 bits per heavy atom. The highest BCUT2D eigenvalue weighted by Crippen LogP contribution is 2.23. The fraction of sp³-hybridized carbons (Fsp3) is 0.308. The number of rotatable bonds is 4. The van der Waals surface area contributed by atoms with Crippen molar-refractivity contribution < 1.29 is 9.84 Å². The summed E-state index contributed by atoms with van der Waals surface area (Å²) in [5, 5.41) is 18.7. The molecule has 0 bridgehead atoms. The molecule has 82 valence electrons. The van der Waals surface area contributed by atoms with Crippen LogP contribution in [0.15, 0.2) is 24.3 Å². The van der Waals surface area contributed by atoms with Gasteiger partial charge < -0.3 is 9.84 Å². The van der Waals surface area contributed by atoms with E-state index in [4.69, 9.17) is 16.4 Å². The van der Waals surface area contributed by atoms with E-state index in [2.05, 4.69) is 12.0 Å². The molecule has 2 atom stereocenters. The average Bonchev–Trinajstić information content (AvgIpc) is 2.31. The third-order valence-electron chi connectivity index (χ3n) is 2.33. The molecular formula is C13H13NO2. The van der Waals surface area contributed by atoms with Gasteiger partial charge in [0.2, 0.25) is 0 Å². The monoisotopic (exact) mass is 215 g/mol. The quantitative estimate of drug-likeness (QED) is 0.777. The van der Waals surface area contributed by atoms with Crippen LogP contribution in [0.1, 0.15) is 17.9 Å². The lowest BCUT2D eigenvalue weighted by Gasteiger charge is -2.14. The number of hydrogen-bond donors (Lipinski definition) is 1. The minimum absolute atomic E-state index is 0.171. The van der Waals surface area contributed by atoms with Crippen molar-refractivity contribution in [2.45, 2.75) is 18.4 Å². The van der Waals surface area contributed by atoms with E-state index in [0.717, 1.165) is 5.56 Å². The number of hydrogen-bond acceptors (Lipinski definition) is 3. The normalized spacial score (nSPS) is 13.2. The molecule has 1 N–H and O–H groups in total. The SMILES string of the molecule is C#CCC(O)C(C#N)c1ccc(OC)cc1. The first-order chi connectivity index (χ1) is 7.72. The van der Waals surface area contributed by atoms with Crippen molar-refractivity contribution in [1.29, 1.82) is 5.26 Å². The summed E-state index contributed by atoms with van der Waals surface area (Å²) in [6, 6.07) is 9.07. The number of benzene rings is 1. The lowest BCUT2D eigenvalue weighted by molar-refractivity contribution is 0.167. The summed E-state index contributed by atoms with van der Waals surface area (Å²) in [6.45, 7) is 0. The van der Waals surface area contributed by atoms with Gasteiger partial charge in [-0.15, -0.1) is 12.3 Å². The van der Waals surface area contributed by atoms with Crippen LogP contribution >= 0.6 is 0 Å². The number of aliphatic hydroxyl groups excluding tert-OH is 1. The van der Waals surface area contributed by atoms with Gasteiger partial charge in [-0.25, -0.2) is 0 Å². The molecule has 0 aromatic heterocycles. The lowest BCUT2D eigenvalue weighted by atomic mass is 9.93. The van der Waals surface area contributed by atoms with E-state index in [0.29, 0.717) is 5.75 Å². The summed E-state index contributed by atoms with van der Waals surface area (Å²) < 4.78 is 5.01. The van der Waals surface area contributed by atoms with Crippen LogP contribution in [0.25, 0.3) is 0 Å². The predicted molar refractivity (Wildman–Crippen MR) is 60.8 cm³/mol. The van der Waals surface area contributed by atoms with Crippen LogP contribution in [0, 0.1) is 23.7 Å². The number of nitriles is 1. The molecule has 0 aliphatic heterocycles. The molecule has 0 saturated carbocycles. The summed E-state index contributed by atoms with van der Waals surface area (Å²) in [4.78, 5) is 0. The Balaban J connectivity index is 2.88. The largest absolute Gasteiger partial charge is 0.497 e. The van der Waals surface area contributed by atoms with Crippen molar-refractivity contribution in [3.8, 4) is 24.2 Å². The van der Waals surface area contributed by atoms with Crippen molar-refractivity contribution in [1.82, 2.24) is 0 Å². The molecule has 0 radical (unpaired) electrons. The molecule has 16 heavy (non-hydrogen) atoms. The van der Waals surface area contributed by atoms with E-state index in [9.17, 15) is 5.11 Å². The second kappa shape index (κ2) is 5.80. The van der Waals surface area contributed by atoms with Gasteiger partial charge in [0.25, 0.3) is 0 Å². The smallest absolute Gasteiger partial charge is 0.118 e. The van der Waals surface area contributed by atoms with Crippen molar-refractivity contribution >= 4 is 0 Å². The van der Waals surface area contributed by atoms with Crippen molar-refractivity contribution in [3.63, 3.8) is 0 Å². The average molecular weight is 215 g/mol. The van der Waals surface area contributed by atoms with Gasteiger partial charge >= 0.3 is 0 Å². The fourth-order valence-corrected chi connectivity index (χ4v) is 1.43. The van der Waals surface area contributed by atoms with Crippen molar-refractivity contribution in [2.75, 3.05) is 7.11 Å². The third kappa shape index (κ3) is 2.76. The Morgan fingerprint density at radius 2 is 2.06 bits per heavy atom. The zero-order chi connectivity index (χ0) is 12.0. The van der Waals surface area contributed by atoms with Gasteiger partial charge in [0.15, 0.2) is 0 Å².